The Kier molecular flexibility index (Phi) is 12.1. The largest absolute Gasteiger partial charge is 0.391 e. The second-order valence-corrected chi connectivity index (χ2v) is 8.43. The molecule has 0 saturated carbocycles. The molecule has 0 unspecified atom stereocenters. The molecule has 0 aliphatic heterocycles. The van der Waals surface area contributed by atoms with E-state index in [1.165, 1.54) is 17.7 Å². The number of hydrogen-bond donors (Lipinski definition) is 3. The number of benzene rings is 1. The topological polar surface area (TPSA) is 95.0 Å². The maximum atomic E-state index is 12.6. The summed E-state index contributed by atoms with van der Waals surface area (Å²) in [5.41, 5.74) is 2.91. The summed E-state index contributed by atoms with van der Waals surface area (Å²) in [6.07, 6.45) is 12.8. The maximum Gasteiger partial charge on any atom is 0.265 e. The summed E-state index contributed by atoms with van der Waals surface area (Å²) in [6, 6.07) is 11.1. The Hall–Kier alpha value is -3.52. The van der Waals surface area contributed by atoms with Crippen LogP contribution < -0.4 is 16.0 Å². The van der Waals surface area contributed by atoms with Crippen molar-refractivity contribution in [1.82, 2.24) is 10.6 Å². The molecule has 2 amide bonds. The van der Waals surface area contributed by atoms with Gasteiger partial charge in [0.1, 0.15) is 6.34 Å². The molecule has 3 N–H and O–H groups in total. The van der Waals surface area contributed by atoms with Crippen LogP contribution in [0, 0.1) is 0 Å². The highest BCUT2D eigenvalue weighted by Gasteiger charge is 2.14. The number of nitrogens with zero attached hydrogens (tertiary/aromatic N) is 2. The highest BCUT2D eigenvalue weighted by Crippen LogP contribution is 2.19. The number of rotatable bonds is 13. The molecule has 1 heterocycles. The average Bonchev–Trinajstić information content (AvgIpc) is 3.35. The van der Waals surface area contributed by atoms with E-state index >= 15 is 0 Å². The van der Waals surface area contributed by atoms with Crippen LogP contribution in [0.25, 0.3) is 0 Å². The molecular formula is C26H33N5O2S. The number of nitrogens with one attached hydrogen (secondary N) is 3. The van der Waals surface area contributed by atoms with E-state index in [-0.39, 0.29) is 11.8 Å². The summed E-state index contributed by atoms with van der Waals surface area (Å²) in [4.78, 5) is 33.9. The van der Waals surface area contributed by atoms with Gasteiger partial charge >= 0.3 is 0 Å². The number of carbonyl (C=O) groups excluding carboxylic acids is 2. The first-order valence-corrected chi connectivity index (χ1v) is 12.1. The first-order valence-electron chi connectivity index (χ1n) is 11.3. The molecule has 8 heteroatoms. The fraction of sp³-hybridized carbons (Fsp3) is 0.308. The van der Waals surface area contributed by atoms with Crippen molar-refractivity contribution in [3.63, 3.8) is 0 Å². The molecule has 34 heavy (non-hydrogen) atoms. The van der Waals surface area contributed by atoms with E-state index in [4.69, 9.17) is 0 Å². The van der Waals surface area contributed by atoms with Crippen molar-refractivity contribution in [1.29, 1.82) is 0 Å². The molecule has 2 aromatic rings. The number of aryl methyl sites for hydroxylation is 1. The van der Waals surface area contributed by atoms with Crippen LogP contribution in [0.2, 0.25) is 0 Å². The minimum Gasteiger partial charge on any atom is -0.391 e. The predicted molar refractivity (Wildman–Crippen MR) is 143 cm³/mol. The summed E-state index contributed by atoms with van der Waals surface area (Å²) in [6.45, 7) is 2.59. The van der Waals surface area contributed by atoms with Gasteiger partial charge in [-0.2, -0.15) is 0 Å². The van der Waals surface area contributed by atoms with Crippen LogP contribution in [-0.2, 0) is 6.42 Å². The first-order chi connectivity index (χ1) is 16.6. The lowest BCUT2D eigenvalue weighted by molar-refractivity contribution is 0.0957. The molecule has 0 fully saturated rings. The highest BCUT2D eigenvalue weighted by molar-refractivity contribution is 7.16. The van der Waals surface area contributed by atoms with E-state index in [0.29, 0.717) is 28.4 Å². The van der Waals surface area contributed by atoms with Crippen molar-refractivity contribution in [2.24, 2.45) is 9.98 Å². The molecule has 7 nitrogen and oxygen atoms in total. The van der Waals surface area contributed by atoms with E-state index in [1.807, 2.05) is 49.7 Å². The van der Waals surface area contributed by atoms with Crippen molar-refractivity contribution in [3.05, 3.63) is 75.6 Å². The van der Waals surface area contributed by atoms with Crippen LogP contribution in [0.15, 0.2) is 70.3 Å². The Morgan fingerprint density at radius 2 is 1.79 bits per heavy atom. The summed E-state index contributed by atoms with van der Waals surface area (Å²) < 4.78 is 0. The van der Waals surface area contributed by atoms with Crippen molar-refractivity contribution in [3.8, 4) is 0 Å². The number of aliphatic imine (C=N–C) groups is 2. The summed E-state index contributed by atoms with van der Waals surface area (Å²) in [5, 5.41) is 8.93. The molecule has 0 atom stereocenters. The number of amides is 2. The van der Waals surface area contributed by atoms with Crippen LogP contribution in [0.4, 0.5) is 5.69 Å². The second kappa shape index (κ2) is 15.3. The molecular weight excluding hydrogens is 446 g/mol. The zero-order valence-electron chi connectivity index (χ0n) is 20.0. The molecule has 1 aromatic heterocycles. The summed E-state index contributed by atoms with van der Waals surface area (Å²) in [5.74, 6) is -0.410. The van der Waals surface area contributed by atoms with Gasteiger partial charge in [-0.1, -0.05) is 31.2 Å². The van der Waals surface area contributed by atoms with Gasteiger partial charge in [0.15, 0.2) is 0 Å². The zero-order valence-corrected chi connectivity index (χ0v) is 20.8. The lowest BCUT2D eigenvalue weighted by atomic mass is 10.1. The smallest absolute Gasteiger partial charge is 0.265 e. The fourth-order valence-electron chi connectivity index (χ4n) is 2.96. The molecule has 2 rings (SSSR count). The van der Waals surface area contributed by atoms with Gasteiger partial charge < -0.3 is 16.0 Å². The normalized spacial score (nSPS) is 12.0. The summed E-state index contributed by atoms with van der Waals surface area (Å²) >= 11 is 1.18. The van der Waals surface area contributed by atoms with Crippen LogP contribution in [0.5, 0.6) is 0 Å². The molecule has 180 valence electrons. The fourth-order valence-corrected chi connectivity index (χ4v) is 3.78. The molecule has 0 aliphatic rings. The second-order valence-electron chi connectivity index (χ2n) is 7.34. The van der Waals surface area contributed by atoms with Crippen molar-refractivity contribution in [2.45, 2.75) is 32.6 Å². The highest BCUT2D eigenvalue weighted by atomic mass is 32.1. The number of thiophene rings is 1. The van der Waals surface area contributed by atoms with Crippen LogP contribution in [-0.4, -0.2) is 45.0 Å². The summed E-state index contributed by atoms with van der Waals surface area (Å²) in [7, 11) is 3.55. The van der Waals surface area contributed by atoms with Crippen LogP contribution in [0.3, 0.4) is 0 Å². The van der Waals surface area contributed by atoms with Gasteiger partial charge in [-0.15, -0.1) is 11.3 Å². The van der Waals surface area contributed by atoms with Crippen molar-refractivity contribution < 1.29 is 9.59 Å². The van der Waals surface area contributed by atoms with Gasteiger partial charge in [-0.25, -0.2) is 4.99 Å². The maximum absolute atomic E-state index is 12.6. The third kappa shape index (κ3) is 9.54. The van der Waals surface area contributed by atoms with E-state index in [9.17, 15) is 9.59 Å². The predicted octanol–water partition coefficient (Wildman–Crippen LogP) is 4.85. The van der Waals surface area contributed by atoms with Gasteiger partial charge in [0.25, 0.3) is 11.8 Å². The van der Waals surface area contributed by atoms with Crippen molar-refractivity contribution >= 4 is 41.4 Å². The Bertz CT molecular complexity index is 1040. The van der Waals surface area contributed by atoms with Crippen LogP contribution in [0.1, 0.15) is 51.1 Å². The molecule has 0 bridgehead atoms. The number of hydrogen-bond acceptors (Lipinski definition) is 5. The Morgan fingerprint density at radius 1 is 1.06 bits per heavy atom. The molecule has 1 aromatic carbocycles. The molecule has 0 spiro atoms. The number of allylic oxidation sites excluding steroid dienone is 3. The lowest BCUT2D eigenvalue weighted by Gasteiger charge is -2.07. The quantitative estimate of drug-likeness (QED) is 0.218. The number of anilines is 1. The third-order valence-corrected chi connectivity index (χ3v) is 5.87. The minimum atomic E-state index is -0.231. The van der Waals surface area contributed by atoms with E-state index in [1.54, 1.807) is 19.2 Å². The molecule has 0 radical (unpaired) electrons. The Balaban J connectivity index is 1.83. The average molecular weight is 480 g/mol. The van der Waals surface area contributed by atoms with Gasteiger partial charge in [-0.05, 0) is 55.2 Å². The van der Waals surface area contributed by atoms with E-state index in [2.05, 4.69) is 38.9 Å². The number of carbonyl (C=O) groups is 2. The van der Waals surface area contributed by atoms with Gasteiger partial charge in [0.05, 0.1) is 9.75 Å². The third-order valence-electron chi connectivity index (χ3n) is 4.79. The van der Waals surface area contributed by atoms with Gasteiger partial charge in [0, 0.05) is 44.7 Å². The SMILES string of the molecule is CC/C=C\C=C(\CCNC(=O)c1ccc(C(=O)Nc2ccc(CCC=NC=NC)cc2)s1)NC. The van der Waals surface area contributed by atoms with Gasteiger partial charge in [-0.3, -0.25) is 14.6 Å². The van der Waals surface area contributed by atoms with Gasteiger partial charge in [0.2, 0.25) is 0 Å². The minimum absolute atomic E-state index is 0.179. The standard InChI is InChI=1S/C26H33N5O2S/c1-4-5-6-9-21(28-3)16-18-30-25(32)23-14-15-24(34-23)26(33)31-22-12-10-20(11-13-22)8-7-17-29-19-27-2/h5-6,9-15,17,19,28H,4,7-8,16,18H2,1-3H3,(H,30,32)(H,31,33)/b6-5-,21-9-,27-19?,29-17?. The monoisotopic (exact) mass is 479 g/mol. The van der Waals surface area contributed by atoms with Crippen molar-refractivity contribution in [2.75, 3.05) is 26.0 Å². The zero-order chi connectivity index (χ0) is 24.6. The first kappa shape index (κ1) is 26.7. The molecule has 0 aliphatic carbocycles. The van der Waals surface area contributed by atoms with Crippen LogP contribution >= 0.6 is 11.3 Å². The Morgan fingerprint density at radius 3 is 2.47 bits per heavy atom. The molecule has 0 saturated heterocycles. The lowest BCUT2D eigenvalue weighted by Crippen LogP contribution is -2.25. The van der Waals surface area contributed by atoms with E-state index < -0.39 is 0 Å². The Labute approximate surface area is 205 Å². The van der Waals surface area contributed by atoms with E-state index in [0.717, 1.165) is 30.5 Å².